The van der Waals surface area contributed by atoms with Crippen LogP contribution >= 0.6 is 0 Å². The number of aliphatic carboxylic acids is 1. The fraction of sp³-hybridized carbons (Fsp3) is 0.500. The molecule has 5 heteroatoms. The lowest BCUT2D eigenvalue weighted by Crippen LogP contribution is -2.37. The molecule has 1 amide bonds. The van der Waals surface area contributed by atoms with Crippen LogP contribution in [0.5, 0.6) is 0 Å². The Hall–Kier alpha value is -1.52. The third kappa shape index (κ3) is 0.998. The van der Waals surface area contributed by atoms with Crippen LogP contribution in [0.3, 0.4) is 0 Å². The molecule has 0 aliphatic carbocycles. The summed E-state index contributed by atoms with van der Waals surface area (Å²) in [5, 5.41) is 17.6. The number of hydrogen-bond donors (Lipinski definition) is 2. The van der Waals surface area contributed by atoms with E-state index in [9.17, 15) is 9.59 Å². The lowest BCUT2D eigenvalue weighted by atomic mass is 9.95. The fourth-order valence-electron chi connectivity index (χ4n) is 2.08. The van der Waals surface area contributed by atoms with Crippen molar-refractivity contribution in [1.29, 1.82) is 0 Å². The minimum atomic E-state index is -1.04. The summed E-state index contributed by atoms with van der Waals surface area (Å²) in [4.78, 5) is 22.6. The zero-order valence-corrected chi connectivity index (χ0v) is 6.75. The van der Waals surface area contributed by atoms with Gasteiger partial charge in [0.15, 0.2) is 0 Å². The van der Waals surface area contributed by atoms with Crippen molar-refractivity contribution in [2.45, 2.75) is 18.5 Å². The summed E-state index contributed by atoms with van der Waals surface area (Å²) >= 11 is 0. The zero-order valence-electron chi connectivity index (χ0n) is 6.75. The van der Waals surface area contributed by atoms with Gasteiger partial charge in [0.2, 0.25) is 0 Å². The molecular formula is C8H9NO4. The van der Waals surface area contributed by atoms with Gasteiger partial charge in [0, 0.05) is 0 Å². The van der Waals surface area contributed by atoms with Gasteiger partial charge in [0.1, 0.15) is 0 Å². The van der Waals surface area contributed by atoms with E-state index in [2.05, 4.69) is 0 Å². The third-order valence-electron chi connectivity index (χ3n) is 2.65. The van der Waals surface area contributed by atoms with Gasteiger partial charge in [-0.05, 0) is 6.42 Å². The zero-order chi connectivity index (χ0) is 9.59. The molecule has 2 aliphatic rings. The molecule has 2 N–H and O–H groups in total. The third-order valence-corrected chi connectivity index (χ3v) is 2.65. The molecule has 3 atom stereocenters. The monoisotopic (exact) mass is 183 g/mol. The molecular weight excluding hydrogens is 174 g/mol. The second kappa shape index (κ2) is 2.48. The predicted octanol–water partition coefficient (Wildman–Crippen LogP) is 0.378. The van der Waals surface area contributed by atoms with Crippen LogP contribution < -0.4 is 0 Å². The molecule has 2 aliphatic heterocycles. The lowest BCUT2D eigenvalue weighted by Gasteiger charge is -2.18. The number of nitrogens with zero attached hydrogens (tertiary/aromatic N) is 1. The van der Waals surface area contributed by atoms with E-state index in [0.717, 1.165) is 0 Å². The molecule has 1 fully saturated rings. The van der Waals surface area contributed by atoms with Gasteiger partial charge in [-0.25, -0.2) is 4.79 Å². The molecule has 70 valence electrons. The minimum absolute atomic E-state index is 0.233. The number of rotatable bonds is 1. The van der Waals surface area contributed by atoms with E-state index in [1.54, 1.807) is 12.2 Å². The Balaban J connectivity index is 2.24. The summed E-state index contributed by atoms with van der Waals surface area (Å²) in [5.74, 6) is -1.48. The highest BCUT2D eigenvalue weighted by Crippen LogP contribution is 2.36. The Morgan fingerprint density at radius 1 is 1.31 bits per heavy atom. The second-order valence-electron chi connectivity index (χ2n) is 3.31. The maximum atomic E-state index is 10.7. The topological polar surface area (TPSA) is 77.8 Å². The number of carboxylic acids is 1. The van der Waals surface area contributed by atoms with Crippen LogP contribution in [0.15, 0.2) is 12.2 Å². The van der Waals surface area contributed by atoms with Crippen LogP contribution in [-0.2, 0) is 4.79 Å². The molecule has 0 aromatic carbocycles. The van der Waals surface area contributed by atoms with Crippen molar-refractivity contribution in [1.82, 2.24) is 4.90 Å². The van der Waals surface area contributed by atoms with Crippen molar-refractivity contribution < 1.29 is 19.8 Å². The number of amides is 1. The van der Waals surface area contributed by atoms with E-state index >= 15 is 0 Å². The van der Waals surface area contributed by atoms with E-state index < -0.39 is 24.0 Å². The van der Waals surface area contributed by atoms with E-state index in [-0.39, 0.29) is 6.04 Å². The first-order valence-electron chi connectivity index (χ1n) is 4.03. The molecule has 2 rings (SSSR count). The maximum absolute atomic E-state index is 10.7. The standard InChI is InChI=1S/C8H9NO4/c10-7(11)5-3-4-1-2-6(5)9(4)8(12)13/h1-2,4-6H,3H2,(H,10,11)(H,12,13)/t4-,5+,6+/m1/s1. The largest absolute Gasteiger partial charge is 0.481 e. The highest BCUT2D eigenvalue weighted by molar-refractivity contribution is 5.76. The normalized spacial score (nSPS) is 35.4. The van der Waals surface area contributed by atoms with Crippen LogP contribution in [-0.4, -0.2) is 39.3 Å². The lowest BCUT2D eigenvalue weighted by molar-refractivity contribution is -0.141. The average molecular weight is 183 g/mol. The first-order valence-corrected chi connectivity index (χ1v) is 4.03. The van der Waals surface area contributed by atoms with Crippen molar-refractivity contribution in [3.63, 3.8) is 0 Å². The maximum Gasteiger partial charge on any atom is 0.408 e. The van der Waals surface area contributed by atoms with E-state index in [1.165, 1.54) is 4.90 Å². The molecule has 2 bridgehead atoms. The van der Waals surface area contributed by atoms with Gasteiger partial charge in [-0.3, -0.25) is 9.69 Å². The summed E-state index contributed by atoms with van der Waals surface area (Å²) < 4.78 is 0. The fourth-order valence-corrected chi connectivity index (χ4v) is 2.08. The summed E-state index contributed by atoms with van der Waals surface area (Å²) in [6.07, 6.45) is 2.80. The second-order valence-corrected chi connectivity index (χ2v) is 3.31. The number of carboxylic acid groups (broad SMARTS) is 2. The molecule has 0 aromatic rings. The van der Waals surface area contributed by atoms with Crippen LogP contribution in [0.1, 0.15) is 6.42 Å². The van der Waals surface area contributed by atoms with Crippen LogP contribution in [0.25, 0.3) is 0 Å². The minimum Gasteiger partial charge on any atom is -0.481 e. The molecule has 0 spiro atoms. The highest BCUT2D eigenvalue weighted by atomic mass is 16.4. The van der Waals surface area contributed by atoms with Gasteiger partial charge in [-0.2, -0.15) is 0 Å². The van der Waals surface area contributed by atoms with E-state index in [1.807, 2.05) is 0 Å². The predicted molar refractivity (Wildman–Crippen MR) is 42.3 cm³/mol. The van der Waals surface area contributed by atoms with Gasteiger partial charge in [-0.15, -0.1) is 0 Å². The molecule has 0 saturated carbocycles. The van der Waals surface area contributed by atoms with Crippen LogP contribution in [0.4, 0.5) is 4.79 Å². The number of carbonyl (C=O) groups is 2. The first-order chi connectivity index (χ1) is 6.11. The van der Waals surface area contributed by atoms with Crippen LogP contribution in [0, 0.1) is 5.92 Å². The SMILES string of the molecule is O=C(O)[C@H]1C[C@H]2C=C[C@@H]1N2C(=O)O. The highest BCUT2D eigenvalue weighted by Gasteiger charge is 2.48. The Bertz CT molecular complexity index is 299. The van der Waals surface area contributed by atoms with Crippen molar-refractivity contribution in [3.05, 3.63) is 12.2 Å². The Kier molecular flexibility index (Phi) is 1.55. The molecule has 13 heavy (non-hydrogen) atoms. The first kappa shape index (κ1) is 8.10. The van der Waals surface area contributed by atoms with Gasteiger partial charge >= 0.3 is 12.1 Å². The summed E-state index contributed by atoms with van der Waals surface area (Å²) in [7, 11) is 0. The van der Waals surface area contributed by atoms with Gasteiger partial charge in [-0.1, -0.05) is 12.2 Å². The van der Waals surface area contributed by atoms with E-state index in [4.69, 9.17) is 10.2 Å². The van der Waals surface area contributed by atoms with Crippen molar-refractivity contribution in [2.24, 2.45) is 5.92 Å². The van der Waals surface area contributed by atoms with Gasteiger partial charge in [0.05, 0.1) is 18.0 Å². The average Bonchev–Trinajstić information content (AvgIpc) is 2.58. The Labute approximate surface area is 74.3 Å². The van der Waals surface area contributed by atoms with E-state index in [0.29, 0.717) is 6.42 Å². The summed E-state index contributed by atoms with van der Waals surface area (Å²) in [5.41, 5.74) is 0. The van der Waals surface area contributed by atoms with Gasteiger partial charge in [0.25, 0.3) is 0 Å². The smallest absolute Gasteiger partial charge is 0.408 e. The molecule has 5 nitrogen and oxygen atoms in total. The molecule has 1 saturated heterocycles. The molecule has 2 heterocycles. The Morgan fingerprint density at radius 3 is 2.38 bits per heavy atom. The summed E-state index contributed by atoms with van der Waals surface area (Å²) in [6, 6.07) is -0.691. The quantitative estimate of drug-likeness (QED) is 0.576. The molecule has 0 aromatic heterocycles. The van der Waals surface area contributed by atoms with Crippen molar-refractivity contribution in [3.8, 4) is 0 Å². The van der Waals surface area contributed by atoms with Gasteiger partial charge < -0.3 is 10.2 Å². The molecule has 0 unspecified atom stereocenters. The molecule has 0 radical (unpaired) electrons. The summed E-state index contributed by atoms with van der Waals surface area (Å²) in [6.45, 7) is 0. The Morgan fingerprint density at radius 2 is 2.00 bits per heavy atom. The number of fused-ring (bicyclic) bond motifs is 2. The number of hydrogen-bond acceptors (Lipinski definition) is 2. The van der Waals surface area contributed by atoms with Crippen molar-refractivity contribution in [2.75, 3.05) is 0 Å². The van der Waals surface area contributed by atoms with Crippen LogP contribution in [0.2, 0.25) is 0 Å². The van der Waals surface area contributed by atoms with Crippen molar-refractivity contribution >= 4 is 12.1 Å².